The third kappa shape index (κ3) is 4.30. The van der Waals surface area contributed by atoms with Crippen molar-refractivity contribution in [3.63, 3.8) is 0 Å². The Hall–Kier alpha value is -1.99. The number of hydrogen-bond donors (Lipinski definition) is 2. The normalized spacial score (nSPS) is 17.3. The maximum Gasteiger partial charge on any atom is 0.297 e. The van der Waals surface area contributed by atoms with Crippen LogP contribution in [0.2, 0.25) is 0 Å². The molecule has 0 fully saturated rings. The molecule has 2 rings (SSSR count). The Morgan fingerprint density at radius 2 is 2.11 bits per heavy atom. The summed E-state index contributed by atoms with van der Waals surface area (Å²) in [6.45, 7) is 1.41. The topological polar surface area (TPSA) is 91.0 Å². The summed E-state index contributed by atoms with van der Waals surface area (Å²) in [4.78, 5) is 0.852. The van der Waals surface area contributed by atoms with E-state index in [-0.39, 0.29) is 27.7 Å². The number of nitrogens with one attached hydrogen (secondary N) is 1. The number of benzene rings is 1. The maximum atomic E-state index is 14.7. The number of sulfonamides is 1. The van der Waals surface area contributed by atoms with E-state index in [1.54, 1.807) is 0 Å². The van der Waals surface area contributed by atoms with E-state index in [1.165, 1.54) is 14.0 Å². The van der Waals surface area contributed by atoms with Gasteiger partial charge in [-0.25, -0.2) is 26.6 Å². The molecule has 7 nitrogen and oxygen atoms in total. The molecular weight excluding hydrogens is 423 g/mol. The summed E-state index contributed by atoms with van der Waals surface area (Å²) in [7, 11) is -2.40. The van der Waals surface area contributed by atoms with Crippen molar-refractivity contribution in [3.8, 4) is 0 Å². The third-order valence-electron chi connectivity index (χ3n) is 3.78. The lowest BCUT2D eigenvalue weighted by molar-refractivity contribution is 0.208. The van der Waals surface area contributed by atoms with E-state index in [9.17, 15) is 21.6 Å². The predicted molar refractivity (Wildman–Crippen MR) is 106 cm³/mol. The number of amidine groups is 1. The second kappa shape index (κ2) is 7.94. The Kier molecular flexibility index (Phi) is 6.27. The lowest BCUT2D eigenvalue weighted by Crippen LogP contribution is -2.42. The van der Waals surface area contributed by atoms with Crippen LogP contribution in [0.25, 0.3) is 0 Å². The Labute approximate surface area is 165 Å². The van der Waals surface area contributed by atoms with Crippen LogP contribution in [0.5, 0.6) is 0 Å². The molecule has 13 heteroatoms. The number of hydrazone groups is 1. The molecule has 1 aliphatic rings. The van der Waals surface area contributed by atoms with Crippen molar-refractivity contribution < 1.29 is 21.6 Å². The Balaban J connectivity index is 2.63. The van der Waals surface area contributed by atoms with Gasteiger partial charge in [-0.15, -0.1) is 0 Å². The van der Waals surface area contributed by atoms with Gasteiger partial charge in [-0.3, -0.25) is 4.72 Å². The van der Waals surface area contributed by atoms with Gasteiger partial charge < -0.3 is 10.6 Å². The van der Waals surface area contributed by atoms with E-state index in [0.717, 1.165) is 27.4 Å². The minimum Gasteiger partial charge on any atom is -0.389 e. The summed E-state index contributed by atoms with van der Waals surface area (Å²) in [6, 6.07) is 2.01. The Bertz CT molecular complexity index is 908. The molecule has 0 saturated carbocycles. The maximum absolute atomic E-state index is 14.7. The quantitative estimate of drug-likeness (QED) is 0.627. The van der Waals surface area contributed by atoms with Crippen molar-refractivity contribution in [3.05, 3.63) is 23.5 Å². The SMILES string of the molecule is CCS(=O)(=O)Nc1cc(N2N=C(C(F)F)N(C)C2C=S)c(F)cc1C(N)=S. The first kappa shape index (κ1) is 21.3. The fourth-order valence-electron chi connectivity index (χ4n) is 2.35. The molecule has 0 bridgehead atoms. The molecule has 1 aromatic carbocycles. The van der Waals surface area contributed by atoms with Crippen molar-refractivity contribution in [2.45, 2.75) is 19.5 Å². The van der Waals surface area contributed by atoms with Crippen molar-refractivity contribution in [1.82, 2.24) is 4.90 Å². The van der Waals surface area contributed by atoms with E-state index < -0.39 is 34.3 Å². The largest absolute Gasteiger partial charge is 0.389 e. The molecule has 1 aliphatic heterocycles. The zero-order valence-corrected chi connectivity index (χ0v) is 16.6. The van der Waals surface area contributed by atoms with E-state index in [0.29, 0.717) is 0 Å². The monoisotopic (exact) mass is 439 g/mol. The summed E-state index contributed by atoms with van der Waals surface area (Å²) in [5.74, 6) is -1.74. The average molecular weight is 440 g/mol. The highest BCUT2D eigenvalue weighted by molar-refractivity contribution is 7.92. The van der Waals surface area contributed by atoms with Crippen molar-refractivity contribution in [2.24, 2.45) is 10.8 Å². The molecule has 1 atom stereocenters. The van der Waals surface area contributed by atoms with E-state index in [1.807, 2.05) is 0 Å². The first-order valence-electron chi connectivity index (χ1n) is 7.50. The highest BCUT2D eigenvalue weighted by atomic mass is 32.2. The summed E-state index contributed by atoms with van der Waals surface area (Å²) in [6.07, 6.45) is -3.88. The third-order valence-corrected chi connectivity index (χ3v) is 5.53. The van der Waals surface area contributed by atoms with Gasteiger partial charge in [0.1, 0.15) is 16.5 Å². The molecule has 148 valence electrons. The van der Waals surface area contributed by atoms with Crippen molar-refractivity contribution in [2.75, 3.05) is 22.5 Å². The summed E-state index contributed by atoms with van der Waals surface area (Å²) >= 11 is 9.69. The summed E-state index contributed by atoms with van der Waals surface area (Å²) < 4.78 is 67.0. The second-order valence-electron chi connectivity index (χ2n) is 5.48. The van der Waals surface area contributed by atoms with Gasteiger partial charge in [0.25, 0.3) is 6.43 Å². The van der Waals surface area contributed by atoms with Gasteiger partial charge in [0, 0.05) is 18.0 Å². The van der Waals surface area contributed by atoms with Crippen LogP contribution >= 0.6 is 24.4 Å². The fourth-order valence-corrected chi connectivity index (χ4v) is 3.46. The van der Waals surface area contributed by atoms with Crippen LogP contribution in [0.4, 0.5) is 24.5 Å². The Morgan fingerprint density at radius 1 is 1.48 bits per heavy atom. The Morgan fingerprint density at radius 3 is 2.59 bits per heavy atom. The number of anilines is 2. The number of hydrogen-bond acceptors (Lipinski definition) is 7. The molecule has 1 unspecified atom stereocenters. The van der Waals surface area contributed by atoms with E-state index in [2.05, 4.69) is 9.82 Å². The van der Waals surface area contributed by atoms with Gasteiger partial charge in [0.2, 0.25) is 10.0 Å². The van der Waals surface area contributed by atoms with Crippen LogP contribution in [-0.4, -0.2) is 54.9 Å². The van der Waals surface area contributed by atoms with Crippen LogP contribution in [0.15, 0.2) is 17.2 Å². The fraction of sp³-hybridized carbons (Fsp3) is 0.357. The number of thiocarbonyl (C=S) groups is 2. The molecule has 0 aliphatic carbocycles. The van der Waals surface area contributed by atoms with Gasteiger partial charge in [0.15, 0.2) is 12.0 Å². The number of nitrogens with zero attached hydrogens (tertiary/aromatic N) is 3. The summed E-state index contributed by atoms with van der Waals surface area (Å²) in [5, 5.41) is 5.81. The van der Waals surface area contributed by atoms with Gasteiger partial charge in [-0.1, -0.05) is 24.4 Å². The molecule has 0 saturated heterocycles. The average Bonchev–Trinajstić information content (AvgIpc) is 2.92. The van der Waals surface area contributed by atoms with Crippen LogP contribution in [0.3, 0.4) is 0 Å². The first-order chi connectivity index (χ1) is 12.5. The van der Waals surface area contributed by atoms with E-state index >= 15 is 0 Å². The van der Waals surface area contributed by atoms with Gasteiger partial charge >= 0.3 is 0 Å². The smallest absolute Gasteiger partial charge is 0.297 e. The molecule has 1 aromatic rings. The van der Waals surface area contributed by atoms with Gasteiger partial charge in [-0.2, -0.15) is 5.10 Å². The molecule has 27 heavy (non-hydrogen) atoms. The molecule has 3 N–H and O–H groups in total. The van der Waals surface area contributed by atoms with Crippen molar-refractivity contribution >= 4 is 62.0 Å². The lowest BCUT2D eigenvalue weighted by atomic mass is 10.1. The highest BCUT2D eigenvalue weighted by Crippen LogP contribution is 2.33. The van der Waals surface area contributed by atoms with Crippen LogP contribution < -0.4 is 15.5 Å². The number of nitrogens with two attached hydrogens (primary N) is 1. The summed E-state index contributed by atoms with van der Waals surface area (Å²) in [5.41, 5.74) is 5.14. The number of halogens is 3. The second-order valence-corrected chi connectivity index (χ2v) is 8.21. The zero-order chi connectivity index (χ0) is 20.5. The lowest BCUT2D eigenvalue weighted by Gasteiger charge is -2.26. The van der Waals surface area contributed by atoms with Crippen LogP contribution in [-0.2, 0) is 10.0 Å². The highest BCUT2D eigenvalue weighted by Gasteiger charge is 2.36. The number of alkyl halides is 2. The molecule has 1 heterocycles. The predicted octanol–water partition coefficient (Wildman–Crippen LogP) is 1.88. The molecule has 0 aromatic heterocycles. The van der Waals surface area contributed by atoms with Gasteiger partial charge in [-0.05, 0) is 19.1 Å². The molecule has 0 spiro atoms. The van der Waals surface area contributed by atoms with Crippen LogP contribution in [0, 0.1) is 5.82 Å². The zero-order valence-electron chi connectivity index (χ0n) is 14.2. The van der Waals surface area contributed by atoms with Crippen molar-refractivity contribution in [1.29, 1.82) is 0 Å². The van der Waals surface area contributed by atoms with E-state index in [4.69, 9.17) is 30.2 Å². The van der Waals surface area contributed by atoms with Crippen LogP contribution in [0.1, 0.15) is 12.5 Å². The molecule has 0 amide bonds. The molecular formula is C14H16F3N5O2S3. The number of rotatable bonds is 7. The molecule has 0 radical (unpaired) electrons. The minimum absolute atomic E-state index is 0.0483. The first-order valence-corrected chi connectivity index (χ1v) is 10.0. The minimum atomic E-state index is -3.74. The standard InChI is InChI=1S/C14H16F3N5O2S3/c1-3-27(23,24)20-9-5-10(8(15)4-7(9)13(18)26)22-11(6-25)21(2)14(19-22)12(16)17/h4-6,11-12,20H,3H2,1-2H3,(H2,18,26). The van der Waals surface area contributed by atoms with Gasteiger partial charge in [0.05, 0.1) is 11.4 Å².